The molecule has 3 rings (SSSR count). The fourth-order valence-electron chi connectivity index (χ4n) is 3.94. The molecule has 0 aliphatic carbocycles. The van der Waals surface area contributed by atoms with Gasteiger partial charge in [-0.05, 0) is 56.8 Å². The van der Waals surface area contributed by atoms with Gasteiger partial charge in [-0.15, -0.1) is 22.7 Å². The van der Waals surface area contributed by atoms with Gasteiger partial charge in [0.1, 0.15) is 0 Å². The first-order valence-electron chi connectivity index (χ1n) is 10.9. The van der Waals surface area contributed by atoms with Crippen LogP contribution in [0.5, 0.6) is 0 Å². The maximum atomic E-state index is 13.3. The molecular weight excluding hydrogens is 544 g/mol. The predicted molar refractivity (Wildman–Crippen MR) is 139 cm³/mol. The van der Waals surface area contributed by atoms with E-state index in [1.807, 2.05) is 12.1 Å². The van der Waals surface area contributed by atoms with Crippen molar-refractivity contribution in [1.82, 2.24) is 0 Å². The minimum Gasteiger partial charge on any atom is -0.294 e. The highest BCUT2D eigenvalue weighted by atomic mass is 79.9. The van der Waals surface area contributed by atoms with Gasteiger partial charge in [-0.25, -0.2) is 0 Å². The van der Waals surface area contributed by atoms with Crippen molar-refractivity contribution in [1.29, 1.82) is 0 Å². The fraction of sp³-hybridized carbons (Fsp3) is 0.500. The topological polar surface area (TPSA) is 34.1 Å². The zero-order valence-electron chi connectivity index (χ0n) is 17.6. The lowest BCUT2D eigenvalue weighted by Crippen LogP contribution is -2.05. The molecule has 2 heterocycles. The van der Waals surface area contributed by atoms with Gasteiger partial charge in [0.25, 0.3) is 0 Å². The number of fused-ring (bicyclic) bond motifs is 2. The number of carbonyl (C=O) groups excluding carboxylic acids is 2. The van der Waals surface area contributed by atoms with Crippen LogP contribution in [0.2, 0.25) is 0 Å². The highest BCUT2D eigenvalue weighted by Gasteiger charge is 2.25. The highest BCUT2D eigenvalue weighted by Crippen LogP contribution is 2.45. The number of hydrogen-bond donors (Lipinski definition) is 0. The molecule has 0 aliphatic rings. The van der Waals surface area contributed by atoms with Crippen molar-refractivity contribution in [3.05, 3.63) is 30.8 Å². The largest absolute Gasteiger partial charge is 0.294 e. The Morgan fingerprint density at radius 1 is 0.700 bits per heavy atom. The summed E-state index contributed by atoms with van der Waals surface area (Å²) in [5, 5.41) is 1.87. The van der Waals surface area contributed by atoms with Gasteiger partial charge in [-0.1, -0.05) is 52.4 Å². The lowest BCUT2D eigenvalue weighted by molar-refractivity contribution is 0.0972. The lowest BCUT2D eigenvalue weighted by atomic mass is 9.94. The number of ketones is 2. The zero-order valence-corrected chi connectivity index (χ0v) is 22.4. The van der Waals surface area contributed by atoms with Crippen LogP contribution in [0.3, 0.4) is 0 Å². The van der Waals surface area contributed by atoms with E-state index in [0.29, 0.717) is 12.8 Å². The second kappa shape index (κ2) is 11.3. The molecule has 6 heteroatoms. The van der Waals surface area contributed by atoms with Crippen molar-refractivity contribution in [2.24, 2.45) is 0 Å². The molecule has 0 atom stereocenters. The number of Topliss-reactive ketones (excluding diaryl/α,β-unsaturated/α-hetero) is 2. The van der Waals surface area contributed by atoms with Crippen LogP contribution in [0.1, 0.15) is 98.8 Å². The van der Waals surface area contributed by atoms with E-state index in [1.165, 1.54) is 0 Å². The standard InChI is InChI=1S/C24H28Br2O2S2/c1-3-5-7-9-11-17(27)21-15-13-19(25)30-24(15)22(16-14-20(26)29-23(16)21)18(28)12-10-8-6-4-2/h13-14H,3-12H2,1-2H3. The number of carbonyl (C=O) groups is 2. The quantitative estimate of drug-likeness (QED) is 0.160. The Morgan fingerprint density at radius 3 is 1.47 bits per heavy atom. The summed E-state index contributed by atoms with van der Waals surface area (Å²) in [6.45, 7) is 4.36. The Kier molecular flexibility index (Phi) is 9.11. The summed E-state index contributed by atoms with van der Waals surface area (Å²) in [6, 6.07) is 4.06. The van der Waals surface area contributed by atoms with Crippen LogP contribution in [-0.2, 0) is 0 Å². The Labute approximate surface area is 203 Å². The Bertz CT molecular complexity index is 912. The molecule has 2 nitrogen and oxygen atoms in total. The van der Waals surface area contributed by atoms with Crippen LogP contribution < -0.4 is 0 Å². The van der Waals surface area contributed by atoms with Crippen LogP contribution in [0.25, 0.3) is 20.2 Å². The molecule has 30 heavy (non-hydrogen) atoms. The van der Waals surface area contributed by atoms with Crippen molar-refractivity contribution in [2.45, 2.75) is 78.1 Å². The van der Waals surface area contributed by atoms with E-state index in [0.717, 1.165) is 90.2 Å². The second-order valence-corrected chi connectivity index (χ2v) is 12.7. The molecule has 162 valence electrons. The zero-order chi connectivity index (χ0) is 21.7. The van der Waals surface area contributed by atoms with Crippen LogP contribution in [0.4, 0.5) is 0 Å². The smallest absolute Gasteiger partial charge is 0.164 e. The SMILES string of the molecule is CCCCCCC(=O)c1c2cc(Br)sc2c(C(=O)CCCCCC)c2cc(Br)sc12. The predicted octanol–water partition coefficient (Wildman–Crippen LogP) is 9.95. The number of hydrogen-bond acceptors (Lipinski definition) is 4. The summed E-state index contributed by atoms with van der Waals surface area (Å²) in [7, 11) is 0. The van der Waals surface area contributed by atoms with Crippen molar-refractivity contribution in [3.8, 4) is 0 Å². The molecule has 0 bridgehead atoms. The number of unbranched alkanes of at least 4 members (excludes halogenated alkanes) is 6. The van der Waals surface area contributed by atoms with Gasteiger partial charge < -0.3 is 0 Å². The maximum Gasteiger partial charge on any atom is 0.164 e. The molecule has 3 aromatic rings. The minimum absolute atomic E-state index is 0.197. The molecule has 0 amide bonds. The van der Waals surface area contributed by atoms with E-state index in [9.17, 15) is 9.59 Å². The minimum atomic E-state index is 0.197. The Balaban J connectivity index is 2.06. The van der Waals surface area contributed by atoms with Gasteiger partial charge in [-0.3, -0.25) is 9.59 Å². The number of halogens is 2. The Morgan fingerprint density at radius 2 is 1.10 bits per heavy atom. The third kappa shape index (κ3) is 5.43. The number of thiophene rings is 2. The number of benzene rings is 1. The van der Waals surface area contributed by atoms with E-state index in [1.54, 1.807) is 22.7 Å². The van der Waals surface area contributed by atoms with Crippen LogP contribution in [0.15, 0.2) is 19.7 Å². The first-order valence-corrected chi connectivity index (χ1v) is 14.1. The molecule has 0 unspecified atom stereocenters. The van der Waals surface area contributed by atoms with Gasteiger partial charge in [0, 0.05) is 44.1 Å². The van der Waals surface area contributed by atoms with E-state index < -0.39 is 0 Å². The molecule has 0 N–H and O–H groups in total. The van der Waals surface area contributed by atoms with Crippen molar-refractivity contribution in [2.75, 3.05) is 0 Å². The van der Waals surface area contributed by atoms with Crippen molar-refractivity contribution in [3.63, 3.8) is 0 Å². The summed E-state index contributed by atoms with van der Waals surface area (Å²) >= 11 is 10.3. The molecular formula is C24H28Br2O2S2. The second-order valence-electron chi connectivity index (χ2n) is 7.80. The average molecular weight is 572 g/mol. The molecule has 0 saturated heterocycles. The average Bonchev–Trinajstić information content (AvgIpc) is 3.27. The van der Waals surface area contributed by atoms with Gasteiger partial charge >= 0.3 is 0 Å². The van der Waals surface area contributed by atoms with Crippen molar-refractivity contribution >= 4 is 86.3 Å². The molecule has 0 aliphatic heterocycles. The number of rotatable bonds is 12. The molecule has 0 fully saturated rings. The molecule has 2 aromatic heterocycles. The molecule has 1 aromatic carbocycles. The van der Waals surface area contributed by atoms with E-state index in [2.05, 4.69) is 45.7 Å². The lowest BCUT2D eigenvalue weighted by Gasteiger charge is -2.10. The van der Waals surface area contributed by atoms with Crippen LogP contribution in [-0.4, -0.2) is 11.6 Å². The first-order chi connectivity index (χ1) is 14.5. The monoisotopic (exact) mass is 570 g/mol. The summed E-state index contributed by atoms with van der Waals surface area (Å²) in [5.41, 5.74) is 1.60. The van der Waals surface area contributed by atoms with Crippen LogP contribution in [0, 0.1) is 0 Å². The summed E-state index contributed by atoms with van der Waals surface area (Å²) < 4.78 is 3.85. The van der Waals surface area contributed by atoms with Crippen molar-refractivity contribution < 1.29 is 9.59 Å². The maximum absolute atomic E-state index is 13.3. The third-order valence-electron chi connectivity index (χ3n) is 5.47. The summed E-state index contributed by atoms with van der Waals surface area (Å²) in [5.74, 6) is 0.394. The molecule has 0 saturated carbocycles. The normalized spacial score (nSPS) is 11.6. The van der Waals surface area contributed by atoms with Gasteiger partial charge in [-0.2, -0.15) is 0 Å². The summed E-state index contributed by atoms with van der Waals surface area (Å²) in [4.78, 5) is 26.6. The molecule has 0 spiro atoms. The summed E-state index contributed by atoms with van der Waals surface area (Å²) in [6.07, 6.45) is 9.80. The van der Waals surface area contributed by atoms with Gasteiger partial charge in [0.2, 0.25) is 0 Å². The Hall–Kier alpha value is -0.560. The fourth-order valence-corrected chi connectivity index (χ4v) is 7.30. The first kappa shape index (κ1) is 24.1. The highest BCUT2D eigenvalue weighted by molar-refractivity contribution is 9.11. The van der Waals surface area contributed by atoms with E-state index in [4.69, 9.17) is 0 Å². The van der Waals surface area contributed by atoms with Gasteiger partial charge in [0.05, 0.1) is 7.57 Å². The molecule has 0 radical (unpaired) electrons. The van der Waals surface area contributed by atoms with E-state index >= 15 is 0 Å². The van der Waals surface area contributed by atoms with E-state index in [-0.39, 0.29) is 11.6 Å². The third-order valence-corrected chi connectivity index (χ3v) is 8.78. The van der Waals surface area contributed by atoms with Crippen LogP contribution >= 0.6 is 54.5 Å². The van der Waals surface area contributed by atoms with Gasteiger partial charge in [0.15, 0.2) is 11.6 Å².